The number of carbonyl (C=O) groups is 4. The van der Waals surface area contributed by atoms with Gasteiger partial charge in [-0.3, -0.25) is 19.3 Å². The van der Waals surface area contributed by atoms with Gasteiger partial charge in [-0.25, -0.2) is 9.69 Å². The molecule has 2 rings (SSSR count). The summed E-state index contributed by atoms with van der Waals surface area (Å²) in [7, 11) is 0. The van der Waals surface area contributed by atoms with E-state index in [0.717, 1.165) is 10.5 Å². The Balaban J connectivity index is 2.05. The maximum absolute atomic E-state index is 11.9. The Morgan fingerprint density at radius 2 is 1.81 bits per heavy atom. The first-order chi connectivity index (χ1) is 9.93. The zero-order valence-corrected chi connectivity index (χ0v) is 11.8. The third kappa shape index (κ3) is 2.91. The standard InChI is InChI=1S/C14H15N3O4/c1-3-16-12(19)13(20)17(14(16)21)8-11(18)15-10-6-4-5-9(2)7-10/h4-7H,3,8H2,1-2H3,(H,15,18). The molecule has 1 aliphatic heterocycles. The molecule has 1 N–H and O–H groups in total. The van der Waals surface area contributed by atoms with E-state index in [-0.39, 0.29) is 6.54 Å². The minimum atomic E-state index is -0.971. The van der Waals surface area contributed by atoms with Crippen molar-refractivity contribution >= 4 is 29.4 Å². The van der Waals surface area contributed by atoms with E-state index in [0.29, 0.717) is 10.6 Å². The van der Waals surface area contributed by atoms with Gasteiger partial charge in [-0.05, 0) is 31.5 Å². The van der Waals surface area contributed by atoms with Crippen LogP contribution >= 0.6 is 0 Å². The maximum atomic E-state index is 11.9. The van der Waals surface area contributed by atoms with Crippen molar-refractivity contribution in [3.05, 3.63) is 29.8 Å². The van der Waals surface area contributed by atoms with Gasteiger partial charge in [0.1, 0.15) is 6.54 Å². The van der Waals surface area contributed by atoms with E-state index in [4.69, 9.17) is 0 Å². The van der Waals surface area contributed by atoms with Gasteiger partial charge in [0, 0.05) is 12.2 Å². The Morgan fingerprint density at radius 3 is 2.38 bits per heavy atom. The molecule has 0 radical (unpaired) electrons. The molecule has 0 atom stereocenters. The molecule has 1 heterocycles. The molecule has 7 heteroatoms. The molecule has 1 aliphatic rings. The van der Waals surface area contributed by atoms with Crippen LogP contribution in [-0.2, 0) is 14.4 Å². The summed E-state index contributed by atoms with van der Waals surface area (Å²) in [5, 5.41) is 2.58. The molecule has 1 fully saturated rings. The molecule has 0 spiro atoms. The number of hydrogen-bond acceptors (Lipinski definition) is 4. The van der Waals surface area contributed by atoms with Crippen molar-refractivity contribution in [1.82, 2.24) is 9.80 Å². The summed E-state index contributed by atoms with van der Waals surface area (Å²) >= 11 is 0. The lowest BCUT2D eigenvalue weighted by molar-refractivity contribution is -0.143. The Morgan fingerprint density at radius 1 is 1.14 bits per heavy atom. The van der Waals surface area contributed by atoms with Crippen molar-refractivity contribution < 1.29 is 19.2 Å². The normalized spacial score (nSPS) is 14.9. The van der Waals surface area contributed by atoms with Gasteiger partial charge in [0.2, 0.25) is 5.91 Å². The van der Waals surface area contributed by atoms with E-state index in [1.165, 1.54) is 0 Å². The highest BCUT2D eigenvalue weighted by Gasteiger charge is 2.44. The monoisotopic (exact) mass is 289 g/mol. The van der Waals surface area contributed by atoms with Gasteiger partial charge >= 0.3 is 17.8 Å². The molecule has 1 saturated heterocycles. The van der Waals surface area contributed by atoms with Crippen molar-refractivity contribution in [2.45, 2.75) is 13.8 Å². The smallest absolute Gasteiger partial charge is 0.325 e. The van der Waals surface area contributed by atoms with Crippen LogP contribution in [-0.4, -0.2) is 46.6 Å². The lowest BCUT2D eigenvalue weighted by Crippen LogP contribution is -2.38. The van der Waals surface area contributed by atoms with Crippen molar-refractivity contribution in [3.63, 3.8) is 0 Å². The fourth-order valence-corrected chi connectivity index (χ4v) is 2.04. The van der Waals surface area contributed by atoms with Crippen molar-refractivity contribution in [3.8, 4) is 0 Å². The number of imide groups is 2. The van der Waals surface area contributed by atoms with E-state index in [1.54, 1.807) is 25.1 Å². The number of urea groups is 1. The first kappa shape index (κ1) is 14.7. The van der Waals surface area contributed by atoms with E-state index < -0.39 is 30.3 Å². The fourth-order valence-electron chi connectivity index (χ4n) is 2.04. The second-order valence-corrected chi connectivity index (χ2v) is 4.64. The Labute approximate surface area is 121 Å². The molecule has 1 aromatic rings. The highest BCUT2D eigenvalue weighted by Crippen LogP contribution is 2.13. The predicted octanol–water partition coefficient (Wildman–Crippen LogP) is 0.744. The van der Waals surface area contributed by atoms with Gasteiger partial charge in [0.15, 0.2) is 0 Å². The SMILES string of the molecule is CCN1C(=O)C(=O)N(CC(=O)Nc2cccc(C)c2)C1=O. The molecule has 0 saturated carbocycles. The van der Waals surface area contributed by atoms with Gasteiger partial charge in [-0.15, -0.1) is 0 Å². The first-order valence-corrected chi connectivity index (χ1v) is 6.48. The quantitative estimate of drug-likeness (QED) is 0.654. The number of rotatable bonds is 4. The Kier molecular flexibility index (Phi) is 4.02. The molecule has 0 aromatic heterocycles. The number of benzene rings is 1. The van der Waals surface area contributed by atoms with E-state index in [9.17, 15) is 19.2 Å². The number of aryl methyl sites for hydroxylation is 1. The van der Waals surface area contributed by atoms with E-state index in [1.807, 2.05) is 13.0 Å². The third-order valence-electron chi connectivity index (χ3n) is 3.05. The minimum absolute atomic E-state index is 0.0966. The zero-order valence-electron chi connectivity index (χ0n) is 11.8. The van der Waals surface area contributed by atoms with E-state index >= 15 is 0 Å². The number of nitrogens with zero attached hydrogens (tertiary/aromatic N) is 2. The Bertz CT molecular complexity index is 626. The molecule has 0 bridgehead atoms. The molecule has 5 amide bonds. The van der Waals surface area contributed by atoms with Crippen molar-refractivity contribution in [1.29, 1.82) is 0 Å². The molecule has 21 heavy (non-hydrogen) atoms. The van der Waals surface area contributed by atoms with E-state index in [2.05, 4.69) is 5.32 Å². The predicted molar refractivity (Wildman–Crippen MR) is 74.3 cm³/mol. The number of anilines is 1. The van der Waals surface area contributed by atoms with Gasteiger partial charge in [-0.1, -0.05) is 12.1 Å². The summed E-state index contributed by atoms with van der Waals surface area (Å²) in [5.74, 6) is -2.40. The molecule has 0 unspecified atom stereocenters. The highest BCUT2D eigenvalue weighted by molar-refractivity contribution is 6.45. The van der Waals surface area contributed by atoms with Crippen LogP contribution in [0.15, 0.2) is 24.3 Å². The molecular weight excluding hydrogens is 274 g/mol. The van der Waals surface area contributed by atoms with Gasteiger partial charge in [0.05, 0.1) is 0 Å². The van der Waals surface area contributed by atoms with Crippen LogP contribution in [0.4, 0.5) is 10.5 Å². The first-order valence-electron chi connectivity index (χ1n) is 6.48. The number of hydrogen-bond donors (Lipinski definition) is 1. The fraction of sp³-hybridized carbons (Fsp3) is 0.286. The average molecular weight is 289 g/mol. The second kappa shape index (κ2) is 5.74. The summed E-state index contributed by atoms with van der Waals surface area (Å²) in [6.07, 6.45) is 0. The number of carbonyl (C=O) groups excluding carboxylic acids is 4. The molecular formula is C14H15N3O4. The van der Waals surface area contributed by atoms with Crippen LogP contribution < -0.4 is 5.32 Å². The molecule has 0 aliphatic carbocycles. The van der Waals surface area contributed by atoms with Gasteiger partial charge in [0.25, 0.3) is 0 Å². The summed E-state index contributed by atoms with van der Waals surface area (Å²) in [6, 6.07) is 6.35. The van der Waals surface area contributed by atoms with Crippen LogP contribution in [0.1, 0.15) is 12.5 Å². The number of likely N-dealkylation sites (N-methyl/N-ethyl adjacent to an activating group) is 1. The van der Waals surface area contributed by atoms with Crippen LogP contribution in [0.3, 0.4) is 0 Å². The van der Waals surface area contributed by atoms with Gasteiger partial charge < -0.3 is 5.32 Å². The Hall–Kier alpha value is -2.70. The van der Waals surface area contributed by atoms with Crippen LogP contribution in [0.25, 0.3) is 0 Å². The highest BCUT2D eigenvalue weighted by atomic mass is 16.2. The van der Waals surface area contributed by atoms with Crippen LogP contribution in [0.2, 0.25) is 0 Å². The third-order valence-corrected chi connectivity index (χ3v) is 3.05. The van der Waals surface area contributed by atoms with Crippen molar-refractivity contribution in [2.75, 3.05) is 18.4 Å². The number of nitrogens with one attached hydrogen (secondary N) is 1. The lowest BCUT2D eigenvalue weighted by Gasteiger charge is -2.14. The topological polar surface area (TPSA) is 86.8 Å². The minimum Gasteiger partial charge on any atom is -0.325 e. The second-order valence-electron chi connectivity index (χ2n) is 4.64. The van der Waals surface area contributed by atoms with Gasteiger partial charge in [-0.2, -0.15) is 0 Å². The lowest BCUT2D eigenvalue weighted by atomic mass is 10.2. The number of amides is 5. The van der Waals surface area contributed by atoms with Crippen LogP contribution in [0, 0.1) is 6.92 Å². The summed E-state index contributed by atoms with van der Waals surface area (Å²) in [6.45, 7) is 3.08. The van der Waals surface area contributed by atoms with Crippen LogP contribution in [0.5, 0.6) is 0 Å². The largest absolute Gasteiger partial charge is 0.334 e. The maximum Gasteiger partial charge on any atom is 0.334 e. The van der Waals surface area contributed by atoms with Crippen molar-refractivity contribution in [2.24, 2.45) is 0 Å². The average Bonchev–Trinajstić information content (AvgIpc) is 2.62. The summed E-state index contributed by atoms with van der Waals surface area (Å²) in [4.78, 5) is 48.4. The molecule has 1 aromatic carbocycles. The molecule has 7 nitrogen and oxygen atoms in total. The zero-order chi connectivity index (χ0) is 15.6. The molecule has 110 valence electrons. The summed E-state index contributed by atoms with van der Waals surface area (Å²) in [5.41, 5.74) is 1.53. The summed E-state index contributed by atoms with van der Waals surface area (Å²) < 4.78 is 0.